The van der Waals surface area contributed by atoms with Crippen LogP contribution in [0.25, 0.3) is 0 Å². The van der Waals surface area contributed by atoms with Gasteiger partial charge in [-0.25, -0.2) is 0 Å². The highest BCUT2D eigenvalue weighted by molar-refractivity contribution is 5.86. The van der Waals surface area contributed by atoms with E-state index in [1.165, 1.54) is 7.11 Å². The maximum absolute atomic E-state index is 11.6. The van der Waals surface area contributed by atoms with Gasteiger partial charge < -0.3 is 19.9 Å². The molecule has 0 spiro atoms. The Bertz CT molecular complexity index is 474. The highest BCUT2D eigenvalue weighted by Gasteiger charge is 2.59. The number of benzene rings is 1. The number of carbonyl (C=O) groups is 1. The molecule has 0 saturated heterocycles. The summed E-state index contributed by atoms with van der Waals surface area (Å²) in [6.07, 6.45) is 0.592. The zero-order valence-electron chi connectivity index (χ0n) is 10.7. The minimum atomic E-state index is -0.894. The Kier molecular flexibility index (Phi) is 3.17. The summed E-state index contributed by atoms with van der Waals surface area (Å²) in [6, 6.07) is 5.55. The van der Waals surface area contributed by atoms with Gasteiger partial charge >= 0.3 is 5.97 Å². The van der Waals surface area contributed by atoms with Gasteiger partial charge in [0.25, 0.3) is 0 Å². The molecule has 18 heavy (non-hydrogen) atoms. The van der Waals surface area contributed by atoms with Crippen LogP contribution in [0, 0.1) is 0 Å². The molecule has 98 valence electrons. The Morgan fingerprint density at radius 2 is 1.94 bits per heavy atom. The van der Waals surface area contributed by atoms with Crippen molar-refractivity contribution in [2.24, 2.45) is 5.73 Å². The Morgan fingerprint density at radius 3 is 2.50 bits per heavy atom. The number of rotatable bonds is 4. The van der Waals surface area contributed by atoms with Crippen molar-refractivity contribution < 1.29 is 19.0 Å². The minimum absolute atomic E-state index is 0.0234. The number of esters is 1. The molecule has 2 atom stereocenters. The molecule has 1 aliphatic rings. The molecule has 0 amide bonds. The van der Waals surface area contributed by atoms with E-state index in [9.17, 15) is 4.79 Å². The number of hydrogen-bond acceptors (Lipinski definition) is 5. The molecular formula is C13H17NO4. The number of methoxy groups -OCH3 is 3. The monoisotopic (exact) mass is 251 g/mol. The first kappa shape index (κ1) is 12.7. The highest BCUT2D eigenvalue weighted by Crippen LogP contribution is 2.51. The van der Waals surface area contributed by atoms with Crippen LogP contribution in [0.1, 0.15) is 17.9 Å². The molecule has 0 bridgehead atoms. The van der Waals surface area contributed by atoms with Crippen LogP contribution in [0.15, 0.2) is 18.2 Å². The summed E-state index contributed by atoms with van der Waals surface area (Å²) in [7, 11) is 4.50. The second kappa shape index (κ2) is 4.49. The lowest BCUT2D eigenvalue weighted by molar-refractivity contribution is -0.143. The van der Waals surface area contributed by atoms with E-state index in [0.29, 0.717) is 17.9 Å². The summed E-state index contributed by atoms with van der Waals surface area (Å²) in [5, 5.41) is 0. The van der Waals surface area contributed by atoms with E-state index in [1.807, 2.05) is 18.2 Å². The molecule has 1 aliphatic carbocycles. The summed E-state index contributed by atoms with van der Waals surface area (Å²) in [5.74, 6) is 0.892. The fourth-order valence-corrected chi connectivity index (χ4v) is 2.18. The predicted octanol–water partition coefficient (Wildman–Crippen LogP) is 1.06. The second-order valence-electron chi connectivity index (χ2n) is 4.40. The first-order chi connectivity index (χ1) is 8.56. The van der Waals surface area contributed by atoms with Crippen LogP contribution in [0.3, 0.4) is 0 Å². The van der Waals surface area contributed by atoms with Crippen LogP contribution in [-0.2, 0) is 9.53 Å². The third-order valence-corrected chi connectivity index (χ3v) is 3.38. The molecule has 2 N–H and O–H groups in total. The van der Waals surface area contributed by atoms with Gasteiger partial charge in [0.05, 0.1) is 21.3 Å². The first-order valence-electron chi connectivity index (χ1n) is 5.66. The SMILES string of the molecule is COC(=O)C1(N)CC1c1ccc(OC)c(OC)c1. The molecule has 0 heterocycles. The summed E-state index contributed by atoms with van der Waals surface area (Å²) >= 11 is 0. The third kappa shape index (κ3) is 1.90. The molecule has 2 rings (SSSR count). The van der Waals surface area contributed by atoms with Gasteiger partial charge in [-0.2, -0.15) is 0 Å². The average molecular weight is 251 g/mol. The van der Waals surface area contributed by atoms with Crippen molar-refractivity contribution in [1.29, 1.82) is 0 Å². The summed E-state index contributed by atoms with van der Waals surface area (Å²) < 4.78 is 15.1. The van der Waals surface area contributed by atoms with E-state index in [2.05, 4.69) is 0 Å². The van der Waals surface area contributed by atoms with Crippen LogP contribution in [0.5, 0.6) is 11.5 Å². The molecule has 0 radical (unpaired) electrons. The Morgan fingerprint density at radius 1 is 1.28 bits per heavy atom. The molecule has 1 aromatic rings. The topological polar surface area (TPSA) is 70.8 Å². The van der Waals surface area contributed by atoms with Crippen LogP contribution in [0.4, 0.5) is 0 Å². The van der Waals surface area contributed by atoms with Crippen LogP contribution in [0.2, 0.25) is 0 Å². The average Bonchev–Trinajstić information content (AvgIpc) is 3.10. The standard InChI is InChI=1S/C13H17NO4/c1-16-10-5-4-8(6-11(10)17-2)9-7-13(9,14)12(15)18-3/h4-6,9H,7,14H2,1-3H3. The minimum Gasteiger partial charge on any atom is -0.493 e. The Balaban J connectivity index is 2.24. The van der Waals surface area contributed by atoms with Gasteiger partial charge in [0.1, 0.15) is 5.54 Å². The van der Waals surface area contributed by atoms with Crippen molar-refractivity contribution in [2.45, 2.75) is 17.9 Å². The van der Waals surface area contributed by atoms with Gasteiger partial charge in [-0.1, -0.05) is 6.07 Å². The van der Waals surface area contributed by atoms with Crippen LogP contribution in [-0.4, -0.2) is 32.8 Å². The molecule has 1 fully saturated rings. The normalized spacial score (nSPS) is 25.4. The van der Waals surface area contributed by atoms with E-state index in [0.717, 1.165) is 5.56 Å². The van der Waals surface area contributed by atoms with Crippen molar-refractivity contribution in [3.8, 4) is 11.5 Å². The predicted molar refractivity (Wildman–Crippen MR) is 65.8 cm³/mol. The van der Waals surface area contributed by atoms with Gasteiger partial charge in [0, 0.05) is 5.92 Å². The van der Waals surface area contributed by atoms with Crippen LogP contribution >= 0.6 is 0 Å². The summed E-state index contributed by atoms with van der Waals surface area (Å²) in [5.41, 5.74) is 6.06. The summed E-state index contributed by atoms with van der Waals surface area (Å²) in [4.78, 5) is 11.6. The molecule has 5 heteroatoms. The number of carbonyl (C=O) groups excluding carboxylic acids is 1. The van der Waals surface area contributed by atoms with E-state index in [1.54, 1.807) is 14.2 Å². The fourth-order valence-electron chi connectivity index (χ4n) is 2.18. The largest absolute Gasteiger partial charge is 0.493 e. The lowest BCUT2D eigenvalue weighted by atomic mass is 10.1. The van der Waals surface area contributed by atoms with Crippen LogP contribution < -0.4 is 15.2 Å². The van der Waals surface area contributed by atoms with Crippen molar-refractivity contribution in [1.82, 2.24) is 0 Å². The fraction of sp³-hybridized carbons (Fsp3) is 0.462. The van der Waals surface area contributed by atoms with Gasteiger partial charge in [-0.3, -0.25) is 4.79 Å². The Hall–Kier alpha value is -1.75. The van der Waals surface area contributed by atoms with E-state index in [-0.39, 0.29) is 11.9 Å². The van der Waals surface area contributed by atoms with Crippen molar-refractivity contribution >= 4 is 5.97 Å². The lowest BCUT2D eigenvalue weighted by Crippen LogP contribution is -2.35. The number of nitrogens with two attached hydrogens (primary N) is 1. The maximum Gasteiger partial charge on any atom is 0.326 e. The quantitative estimate of drug-likeness (QED) is 0.810. The maximum atomic E-state index is 11.6. The zero-order chi connectivity index (χ0) is 13.3. The smallest absolute Gasteiger partial charge is 0.326 e. The second-order valence-corrected chi connectivity index (χ2v) is 4.40. The van der Waals surface area contributed by atoms with Gasteiger partial charge in [-0.05, 0) is 24.1 Å². The number of ether oxygens (including phenoxy) is 3. The molecule has 2 unspecified atom stereocenters. The lowest BCUT2D eigenvalue weighted by Gasteiger charge is -2.11. The van der Waals surface area contributed by atoms with Crippen molar-refractivity contribution in [2.75, 3.05) is 21.3 Å². The molecular weight excluding hydrogens is 234 g/mol. The number of hydrogen-bond donors (Lipinski definition) is 1. The molecule has 0 aromatic heterocycles. The molecule has 0 aliphatic heterocycles. The Labute approximate surface area is 106 Å². The third-order valence-electron chi connectivity index (χ3n) is 3.38. The van der Waals surface area contributed by atoms with Gasteiger partial charge in [-0.15, -0.1) is 0 Å². The first-order valence-corrected chi connectivity index (χ1v) is 5.66. The van der Waals surface area contributed by atoms with E-state index >= 15 is 0 Å². The molecule has 1 saturated carbocycles. The molecule has 5 nitrogen and oxygen atoms in total. The van der Waals surface area contributed by atoms with Gasteiger partial charge in [0.15, 0.2) is 11.5 Å². The van der Waals surface area contributed by atoms with Crippen molar-refractivity contribution in [3.63, 3.8) is 0 Å². The van der Waals surface area contributed by atoms with Crippen molar-refractivity contribution in [3.05, 3.63) is 23.8 Å². The highest BCUT2D eigenvalue weighted by atomic mass is 16.5. The van der Waals surface area contributed by atoms with E-state index < -0.39 is 5.54 Å². The van der Waals surface area contributed by atoms with Gasteiger partial charge in [0.2, 0.25) is 0 Å². The summed E-state index contributed by atoms with van der Waals surface area (Å²) in [6.45, 7) is 0. The van der Waals surface area contributed by atoms with E-state index in [4.69, 9.17) is 19.9 Å². The zero-order valence-corrected chi connectivity index (χ0v) is 10.7. The molecule has 1 aromatic carbocycles.